The summed E-state index contributed by atoms with van der Waals surface area (Å²) in [4.78, 5) is 32.7. The van der Waals surface area contributed by atoms with Crippen molar-refractivity contribution in [3.63, 3.8) is 0 Å². The molecule has 0 unspecified atom stereocenters. The van der Waals surface area contributed by atoms with Gasteiger partial charge in [-0.15, -0.1) is 0 Å². The van der Waals surface area contributed by atoms with Crippen LogP contribution in [0.4, 0.5) is 4.79 Å². The first kappa shape index (κ1) is 23.9. The van der Waals surface area contributed by atoms with E-state index in [0.29, 0.717) is 6.67 Å². The number of aryl methyl sites for hydroxylation is 2. The van der Waals surface area contributed by atoms with Crippen LogP contribution in [0.25, 0.3) is 0 Å². The van der Waals surface area contributed by atoms with Gasteiger partial charge < -0.3 is 5.32 Å². The molecular formula is C31H34N4O2. The number of amides is 3. The molecule has 0 radical (unpaired) electrons. The van der Waals surface area contributed by atoms with Crippen LogP contribution >= 0.6 is 0 Å². The summed E-state index contributed by atoms with van der Waals surface area (Å²) in [7, 11) is 0. The van der Waals surface area contributed by atoms with E-state index in [2.05, 4.69) is 87.9 Å². The minimum atomic E-state index is -1.01. The number of rotatable bonds is 6. The lowest BCUT2D eigenvalue weighted by molar-refractivity contribution is -0.132. The first-order chi connectivity index (χ1) is 18.0. The minimum Gasteiger partial charge on any atom is -0.319 e. The molecule has 6 nitrogen and oxygen atoms in total. The molecule has 3 amide bonds. The van der Waals surface area contributed by atoms with Gasteiger partial charge in [0.25, 0.3) is 5.91 Å². The van der Waals surface area contributed by atoms with Crippen molar-refractivity contribution in [1.29, 1.82) is 0 Å². The van der Waals surface area contributed by atoms with E-state index in [0.717, 1.165) is 51.0 Å². The van der Waals surface area contributed by atoms with Crippen molar-refractivity contribution in [3.05, 3.63) is 107 Å². The Balaban J connectivity index is 1.14. The third kappa shape index (κ3) is 4.45. The van der Waals surface area contributed by atoms with Gasteiger partial charge in [0.05, 0.1) is 12.7 Å². The second-order valence-corrected chi connectivity index (χ2v) is 10.6. The Bertz CT molecular complexity index is 1250. The van der Waals surface area contributed by atoms with E-state index < -0.39 is 5.54 Å². The molecule has 1 N–H and O–H groups in total. The molecule has 6 heteroatoms. The Morgan fingerprint density at radius 3 is 2.08 bits per heavy atom. The zero-order valence-corrected chi connectivity index (χ0v) is 21.4. The first-order valence-corrected chi connectivity index (χ1v) is 13.4. The Kier molecular flexibility index (Phi) is 6.31. The molecule has 2 heterocycles. The van der Waals surface area contributed by atoms with Crippen molar-refractivity contribution in [3.8, 4) is 0 Å². The van der Waals surface area contributed by atoms with E-state index in [-0.39, 0.29) is 18.0 Å². The van der Waals surface area contributed by atoms with Crippen molar-refractivity contribution in [1.82, 2.24) is 20.0 Å². The van der Waals surface area contributed by atoms with Gasteiger partial charge in [0.2, 0.25) is 0 Å². The van der Waals surface area contributed by atoms with E-state index in [1.807, 2.05) is 13.0 Å². The predicted octanol–water partition coefficient (Wildman–Crippen LogP) is 4.31. The van der Waals surface area contributed by atoms with Crippen molar-refractivity contribution in [2.75, 3.05) is 32.8 Å². The number of nitrogens with one attached hydrogen (secondary N) is 1. The molecule has 0 saturated carbocycles. The summed E-state index contributed by atoms with van der Waals surface area (Å²) in [5, 5.41) is 3.00. The van der Waals surface area contributed by atoms with Gasteiger partial charge in [-0.05, 0) is 54.0 Å². The highest BCUT2D eigenvalue weighted by atomic mass is 16.2. The maximum Gasteiger partial charge on any atom is 0.326 e. The first-order valence-electron chi connectivity index (χ1n) is 13.4. The van der Waals surface area contributed by atoms with Crippen molar-refractivity contribution in [2.24, 2.45) is 0 Å². The van der Waals surface area contributed by atoms with Crippen LogP contribution in [0.5, 0.6) is 0 Å². The molecule has 0 bridgehead atoms. The van der Waals surface area contributed by atoms with Gasteiger partial charge >= 0.3 is 6.03 Å². The summed E-state index contributed by atoms with van der Waals surface area (Å²) in [6, 6.07) is 27.4. The predicted molar refractivity (Wildman–Crippen MR) is 144 cm³/mol. The van der Waals surface area contributed by atoms with Gasteiger partial charge in [-0.2, -0.15) is 0 Å². The largest absolute Gasteiger partial charge is 0.326 e. The fourth-order valence-electron chi connectivity index (χ4n) is 6.15. The van der Waals surface area contributed by atoms with Crippen LogP contribution in [0.2, 0.25) is 0 Å². The number of carbonyl (C=O) groups excluding carboxylic acids is 2. The lowest BCUT2D eigenvalue weighted by atomic mass is 9.90. The van der Waals surface area contributed by atoms with Crippen molar-refractivity contribution >= 4 is 11.9 Å². The quantitative estimate of drug-likeness (QED) is 0.519. The number of imide groups is 1. The number of benzene rings is 3. The Morgan fingerprint density at radius 1 is 0.811 bits per heavy atom. The third-order valence-electron chi connectivity index (χ3n) is 8.29. The van der Waals surface area contributed by atoms with Crippen molar-refractivity contribution < 1.29 is 9.59 Å². The Morgan fingerprint density at radius 2 is 1.43 bits per heavy atom. The molecule has 190 valence electrons. The SMILES string of the molecule is C[C@@]1(c2ccc3c(c2)CCC3)NC(=O)N(CN2CCN(C(c3ccccc3)c3ccccc3)CC2)C1=O. The van der Waals surface area contributed by atoms with Gasteiger partial charge in [0.15, 0.2) is 0 Å². The van der Waals surface area contributed by atoms with E-state index in [1.165, 1.54) is 27.2 Å². The van der Waals surface area contributed by atoms with Crippen molar-refractivity contribution in [2.45, 2.75) is 37.8 Å². The molecule has 1 atom stereocenters. The number of carbonyl (C=O) groups is 2. The van der Waals surface area contributed by atoms with Gasteiger partial charge in [-0.25, -0.2) is 9.69 Å². The Labute approximate surface area is 218 Å². The van der Waals surface area contributed by atoms with Crippen LogP contribution in [-0.4, -0.2) is 59.5 Å². The second kappa shape index (κ2) is 9.77. The molecule has 1 aliphatic carbocycles. The summed E-state index contributed by atoms with van der Waals surface area (Å²) in [5.41, 5.74) is 5.10. The molecule has 3 aromatic carbocycles. The molecule has 0 aromatic heterocycles. The van der Waals surface area contributed by atoms with Gasteiger partial charge in [-0.3, -0.25) is 14.6 Å². The van der Waals surface area contributed by atoms with E-state index >= 15 is 0 Å². The maximum absolute atomic E-state index is 13.6. The maximum atomic E-state index is 13.6. The monoisotopic (exact) mass is 494 g/mol. The van der Waals surface area contributed by atoms with Crippen LogP contribution in [0.1, 0.15) is 47.2 Å². The molecule has 6 rings (SSSR count). The van der Waals surface area contributed by atoms with Gasteiger partial charge in [0, 0.05) is 26.2 Å². The fourth-order valence-corrected chi connectivity index (χ4v) is 6.15. The summed E-state index contributed by atoms with van der Waals surface area (Å²) in [5.74, 6) is -0.163. The topological polar surface area (TPSA) is 55.9 Å². The minimum absolute atomic E-state index is 0.163. The summed E-state index contributed by atoms with van der Waals surface area (Å²) in [6.07, 6.45) is 3.30. The zero-order chi connectivity index (χ0) is 25.4. The van der Waals surface area contributed by atoms with E-state index in [1.54, 1.807) is 0 Å². The summed E-state index contributed by atoms with van der Waals surface area (Å²) in [6.45, 7) is 5.47. The highest BCUT2D eigenvalue weighted by molar-refractivity contribution is 6.07. The lowest BCUT2D eigenvalue weighted by Crippen LogP contribution is -2.52. The highest BCUT2D eigenvalue weighted by Crippen LogP contribution is 2.33. The van der Waals surface area contributed by atoms with E-state index in [4.69, 9.17) is 0 Å². The number of urea groups is 1. The molecule has 2 fully saturated rings. The molecule has 2 aliphatic heterocycles. The fraction of sp³-hybridized carbons (Fsp3) is 0.355. The van der Waals surface area contributed by atoms with E-state index in [9.17, 15) is 9.59 Å². The standard InChI is InChI=1S/C31H34N4O2/c1-31(27-16-15-23-13-8-14-26(23)21-27)29(36)35(30(37)32-31)22-33-17-19-34(20-18-33)28(24-9-4-2-5-10-24)25-11-6-3-7-12-25/h2-7,9-12,15-16,21,28H,8,13-14,17-20,22H2,1H3,(H,32,37)/t31-/m0/s1. The average Bonchev–Trinajstić information content (AvgIpc) is 3.49. The summed E-state index contributed by atoms with van der Waals surface area (Å²) >= 11 is 0. The number of nitrogens with zero attached hydrogens (tertiary/aromatic N) is 3. The number of piperazine rings is 1. The molecule has 0 spiro atoms. The lowest BCUT2D eigenvalue weighted by Gasteiger charge is -2.40. The van der Waals surface area contributed by atoms with Crippen LogP contribution in [0, 0.1) is 0 Å². The third-order valence-corrected chi connectivity index (χ3v) is 8.29. The van der Waals surface area contributed by atoms with Crippen LogP contribution in [0.3, 0.4) is 0 Å². The van der Waals surface area contributed by atoms with Crippen LogP contribution < -0.4 is 5.32 Å². The normalized spacial score (nSPS) is 22.5. The Hall–Kier alpha value is -3.48. The summed E-state index contributed by atoms with van der Waals surface area (Å²) < 4.78 is 0. The molecular weight excluding hydrogens is 460 g/mol. The number of hydrogen-bond acceptors (Lipinski definition) is 4. The smallest absolute Gasteiger partial charge is 0.319 e. The average molecular weight is 495 g/mol. The van der Waals surface area contributed by atoms with Crippen LogP contribution in [-0.2, 0) is 23.2 Å². The second-order valence-electron chi connectivity index (χ2n) is 10.6. The molecule has 37 heavy (non-hydrogen) atoms. The van der Waals surface area contributed by atoms with Gasteiger partial charge in [-0.1, -0.05) is 78.9 Å². The number of hydrogen-bond donors (Lipinski definition) is 1. The zero-order valence-electron chi connectivity index (χ0n) is 21.4. The molecule has 2 saturated heterocycles. The molecule has 3 aliphatic rings. The number of fused-ring (bicyclic) bond motifs is 1. The molecule has 3 aromatic rings. The van der Waals surface area contributed by atoms with Crippen LogP contribution in [0.15, 0.2) is 78.9 Å². The van der Waals surface area contributed by atoms with Gasteiger partial charge in [0.1, 0.15) is 5.54 Å². The highest BCUT2D eigenvalue weighted by Gasteiger charge is 2.49.